The van der Waals surface area contributed by atoms with Gasteiger partial charge in [-0.3, -0.25) is 0 Å². The number of rotatable bonds is 1. The average molecular weight is 157 g/mol. The van der Waals surface area contributed by atoms with Crippen LogP contribution < -0.4 is 0 Å². The van der Waals surface area contributed by atoms with Crippen molar-refractivity contribution in [1.29, 1.82) is 0 Å². The summed E-state index contributed by atoms with van der Waals surface area (Å²) in [5.41, 5.74) is 0.823. The molecule has 0 bridgehead atoms. The Balaban J connectivity index is 3.17. The summed E-state index contributed by atoms with van der Waals surface area (Å²) in [5.74, 6) is 0.287. The summed E-state index contributed by atoms with van der Waals surface area (Å²) < 4.78 is 0. The van der Waals surface area contributed by atoms with E-state index < -0.39 is 0 Å². The van der Waals surface area contributed by atoms with Gasteiger partial charge in [-0.2, -0.15) is 0 Å². The van der Waals surface area contributed by atoms with E-state index in [-0.39, 0.29) is 5.75 Å². The van der Waals surface area contributed by atoms with Gasteiger partial charge >= 0.3 is 0 Å². The second kappa shape index (κ2) is 2.93. The van der Waals surface area contributed by atoms with E-state index in [2.05, 4.69) is 0 Å². The van der Waals surface area contributed by atoms with E-state index in [0.29, 0.717) is 5.02 Å². The molecular formula is C8H9ClO. The van der Waals surface area contributed by atoms with E-state index in [1.165, 1.54) is 0 Å². The van der Waals surface area contributed by atoms with Crippen LogP contribution in [-0.2, 0) is 6.42 Å². The van der Waals surface area contributed by atoms with E-state index in [1.807, 2.05) is 6.92 Å². The molecular weight excluding hydrogens is 148 g/mol. The average Bonchev–Trinajstić information content (AvgIpc) is 1.88. The smallest absolute Gasteiger partial charge is 0.120 e. The van der Waals surface area contributed by atoms with Crippen LogP contribution in [-0.4, -0.2) is 5.11 Å². The summed E-state index contributed by atoms with van der Waals surface area (Å²) in [6.07, 6.45) is 0.769. The second-order valence-corrected chi connectivity index (χ2v) is 2.50. The molecule has 0 atom stereocenters. The van der Waals surface area contributed by atoms with Gasteiger partial charge in [0.1, 0.15) is 5.75 Å². The van der Waals surface area contributed by atoms with E-state index in [1.54, 1.807) is 18.2 Å². The molecule has 1 nitrogen and oxygen atoms in total. The predicted molar refractivity (Wildman–Crippen MR) is 42.5 cm³/mol. The molecule has 1 aromatic rings. The molecule has 0 fully saturated rings. The van der Waals surface area contributed by atoms with Gasteiger partial charge in [0.2, 0.25) is 0 Å². The molecule has 54 valence electrons. The largest absolute Gasteiger partial charge is 0.508 e. The number of hydrogen-bond donors (Lipinski definition) is 1. The van der Waals surface area contributed by atoms with Gasteiger partial charge in [-0.05, 0) is 18.6 Å². The Morgan fingerprint density at radius 3 is 2.60 bits per heavy atom. The van der Waals surface area contributed by atoms with Crippen molar-refractivity contribution in [3.05, 3.63) is 28.8 Å². The van der Waals surface area contributed by atoms with Crippen molar-refractivity contribution in [2.75, 3.05) is 0 Å². The second-order valence-electron chi connectivity index (χ2n) is 2.09. The summed E-state index contributed by atoms with van der Waals surface area (Å²) in [4.78, 5) is 0. The molecule has 0 heterocycles. The third-order valence-corrected chi connectivity index (χ3v) is 1.80. The van der Waals surface area contributed by atoms with Gasteiger partial charge < -0.3 is 5.11 Å². The molecule has 2 heteroatoms. The fraction of sp³-hybridized carbons (Fsp3) is 0.250. The molecule has 1 N–H and O–H groups in total. The molecule has 0 amide bonds. The number of hydrogen-bond acceptors (Lipinski definition) is 1. The first kappa shape index (κ1) is 7.42. The summed E-state index contributed by atoms with van der Waals surface area (Å²) >= 11 is 5.77. The van der Waals surface area contributed by atoms with Crippen LogP contribution >= 0.6 is 11.6 Å². The topological polar surface area (TPSA) is 20.2 Å². The van der Waals surface area contributed by atoms with Gasteiger partial charge in [0.25, 0.3) is 0 Å². The van der Waals surface area contributed by atoms with E-state index >= 15 is 0 Å². The van der Waals surface area contributed by atoms with Crippen LogP contribution in [0.3, 0.4) is 0 Å². The van der Waals surface area contributed by atoms with Gasteiger partial charge in [0.05, 0.1) is 0 Å². The fourth-order valence-electron chi connectivity index (χ4n) is 0.897. The van der Waals surface area contributed by atoms with Crippen LogP contribution in [0.5, 0.6) is 5.75 Å². The lowest BCUT2D eigenvalue weighted by Crippen LogP contribution is -1.81. The highest BCUT2D eigenvalue weighted by molar-refractivity contribution is 6.31. The van der Waals surface area contributed by atoms with Crippen molar-refractivity contribution in [3.8, 4) is 5.75 Å². The van der Waals surface area contributed by atoms with E-state index in [9.17, 15) is 5.11 Å². The van der Waals surface area contributed by atoms with E-state index in [4.69, 9.17) is 11.6 Å². The Kier molecular flexibility index (Phi) is 2.17. The number of aromatic hydroxyl groups is 1. The Hall–Kier alpha value is -0.690. The van der Waals surface area contributed by atoms with Gasteiger partial charge in [-0.15, -0.1) is 0 Å². The van der Waals surface area contributed by atoms with Crippen molar-refractivity contribution < 1.29 is 5.11 Å². The summed E-state index contributed by atoms with van der Waals surface area (Å²) in [6, 6.07) is 5.15. The first-order chi connectivity index (χ1) is 4.75. The first-order valence-electron chi connectivity index (χ1n) is 3.22. The molecule has 0 aliphatic rings. The molecule has 0 spiro atoms. The standard InChI is InChI=1S/C8H9ClO/c1-2-6-7(9)4-3-5-8(6)10/h3-5,10H,2H2,1H3. The van der Waals surface area contributed by atoms with Crippen LogP contribution in [0.15, 0.2) is 18.2 Å². The summed E-state index contributed by atoms with van der Waals surface area (Å²) in [5, 5.41) is 9.85. The number of benzene rings is 1. The van der Waals surface area contributed by atoms with Crippen LogP contribution in [0.2, 0.25) is 5.02 Å². The predicted octanol–water partition coefficient (Wildman–Crippen LogP) is 2.61. The first-order valence-corrected chi connectivity index (χ1v) is 3.60. The highest BCUT2D eigenvalue weighted by atomic mass is 35.5. The fourth-order valence-corrected chi connectivity index (χ4v) is 1.20. The minimum Gasteiger partial charge on any atom is -0.508 e. The van der Waals surface area contributed by atoms with Gasteiger partial charge in [0, 0.05) is 10.6 Å². The Morgan fingerprint density at radius 1 is 1.50 bits per heavy atom. The summed E-state index contributed by atoms with van der Waals surface area (Å²) in [7, 11) is 0. The highest BCUT2D eigenvalue weighted by Gasteiger charge is 2.01. The number of halogens is 1. The van der Waals surface area contributed by atoms with Gasteiger partial charge in [0.15, 0.2) is 0 Å². The quantitative estimate of drug-likeness (QED) is 0.663. The molecule has 0 unspecified atom stereocenters. The lowest BCUT2D eigenvalue weighted by atomic mass is 10.1. The number of phenols is 1. The van der Waals surface area contributed by atoms with Gasteiger partial charge in [-0.1, -0.05) is 24.6 Å². The van der Waals surface area contributed by atoms with Crippen molar-refractivity contribution in [1.82, 2.24) is 0 Å². The molecule has 0 aromatic heterocycles. The summed E-state index contributed by atoms with van der Waals surface area (Å²) in [6.45, 7) is 1.96. The highest BCUT2D eigenvalue weighted by Crippen LogP contribution is 2.24. The maximum absolute atomic E-state index is 9.21. The molecule has 1 rings (SSSR count). The molecule has 0 aliphatic heterocycles. The van der Waals surface area contributed by atoms with Crippen LogP contribution in [0.4, 0.5) is 0 Å². The molecule has 1 aromatic carbocycles. The maximum Gasteiger partial charge on any atom is 0.120 e. The monoisotopic (exact) mass is 156 g/mol. The lowest BCUT2D eigenvalue weighted by Gasteiger charge is -2.01. The maximum atomic E-state index is 9.21. The van der Waals surface area contributed by atoms with E-state index in [0.717, 1.165) is 12.0 Å². The molecule has 0 saturated heterocycles. The minimum absolute atomic E-state index is 0.287. The lowest BCUT2D eigenvalue weighted by molar-refractivity contribution is 0.469. The molecule has 10 heavy (non-hydrogen) atoms. The van der Waals surface area contributed by atoms with Crippen LogP contribution in [0, 0.1) is 0 Å². The molecule has 0 aliphatic carbocycles. The van der Waals surface area contributed by atoms with Crippen LogP contribution in [0.25, 0.3) is 0 Å². The number of phenolic OH excluding ortho intramolecular Hbond substituents is 1. The Labute approximate surface area is 65.3 Å². The minimum atomic E-state index is 0.287. The van der Waals surface area contributed by atoms with Crippen molar-refractivity contribution in [2.24, 2.45) is 0 Å². The van der Waals surface area contributed by atoms with Crippen molar-refractivity contribution >= 4 is 11.6 Å². The molecule has 0 radical (unpaired) electrons. The SMILES string of the molecule is CCc1c(O)cccc1Cl. The third-order valence-electron chi connectivity index (χ3n) is 1.45. The van der Waals surface area contributed by atoms with Crippen LogP contribution in [0.1, 0.15) is 12.5 Å². The molecule has 0 saturated carbocycles. The van der Waals surface area contributed by atoms with Gasteiger partial charge in [-0.25, -0.2) is 0 Å². The zero-order valence-corrected chi connectivity index (χ0v) is 6.52. The van der Waals surface area contributed by atoms with Crippen molar-refractivity contribution in [2.45, 2.75) is 13.3 Å². The zero-order chi connectivity index (χ0) is 7.56. The zero-order valence-electron chi connectivity index (χ0n) is 5.76. The normalized spacial score (nSPS) is 9.80. The Morgan fingerprint density at radius 2 is 2.20 bits per heavy atom. The Bertz CT molecular complexity index is 212. The van der Waals surface area contributed by atoms with Crippen molar-refractivity contribution in [3.63, 3.8) is 0 Å². The third kappa shape index (κ3) is 1.24.